The van der Waals surface area contributed by atoms with E-state index in [2.05, 4.69) is 10.3 Å². The normalized spacial score (nSPS) is 10.0. The Morgan fingerprint density at radius 2 is 2.16 bits per heavy atom. The molecular formula is C13H12ClN3OS. The van der Waals surface area contributed by atoms with Crippen LogP contribution in [0.15, 0.2) is 36.5 Å². The van der Waals surface area contributed by atoms with Crippen LogP contribution in [0.1, 0.15) is 5.56 Å². The first-order valence-corrected chi connectivity index (χ1v) is 6.25. The van der Waals surface area contributed by atoms with Gasteiger partial charge in [0.15, 0.2) is 0 Å². The van der Waals surface area contributed by atoms with Gasteiger partial charge < -0.3 is 15.8 Å². The maximum absolute atomic E-state index is 5.96. The Kier molecular flexibility index (Phi) is 4.19. The molecule has 1 aromatic heterocycles. The third-order valence-electron chi connectivity index (χ3n) is 2.47. The molecule has 0 spiro atoms. The van der Waals surface area contributed by atoms with Gasteiger partial charge in [0.25, 0.3) is 0 Å². The topological polar surface area (TPSA) is 60.2 Å². The number of pyridine rings is 1. The Balaban J connectivity index is 2.26. The summed E-state index contributed by atoms with van der Waals surface area (Å²) < 4.78 is 5.15. The van der Waals surface area contributed by atoms with Crippen molar-refractivity contribution in [2.24, 2.45) is 5.73 Å². The van der Waals surface area contributed by atoms with Crippen molar-refractivity contribution in [3.05, 3.63) is 47.1 Å². The number of methoxy groups -OCH3 is 1. The number of aromatic nitrogens is 1. The molecule has 0 aliphatic rings. The summed E-state index contributed by atoms with van der Waals surface area (Å²) in [6.45, 7) is 0. The minimum Gasteiger partial charge on any atom is -0.495 e. The van der Waals surface area contributed by atoms with Crippen LogP contribution in [0.2, 0.25) is 5.02 Å². The molecule has 0 aliphatic carbocycles. The average Bonchev–Trinajstić information content (AvgIpc) is 2.41. The van der Waals surface area contributed by atoms with Crippen molar-refractivity contribution >= 4 is 40.3 Å². The highest BCUT2D eigenvalue weighted by atomic mass is 35.5. The summed E-state index contributed by atoms with van der Waals surface area (Å²) in [7, 11) is 1.57. The third-order valence-corrected chi connectivity index (χ3v) is 3.02. The van der Waals surface area contributed by atoms with Crippen LogP contribution in [0.5, 0.6) is 5.75 Å². The Bertz CT molecular complexity index is 619. The van der Waals surface area contributed by atoms with Gasteiger partial charge in [-0.3, -0.25) is 0 Å². The molecule has 1 heterocycles. The zero-order valence-electron chi connectivity index (χ0n) is 10.2. The number of anilines is 2. The second kappa shape index (κ2) is 5.86. The van der Waals surface area contributed by atoms with Gasteiger partial charge in [0, 0.05) is 23.5 Å². The number of ether oxygens (including phenoxy) is 1. The minimum atomic E-state index is 0.333. The lowest BCUT2D eigenvalue weighted by atomic mass is 10.2. The zero-order valence-corrected chi connectivity index (χ0v) is 11.8. The summed E-state index contributed by atoms with van der Waals surface area (Å²) in [5.41, 5.74) is 7.15. The molecule has 0 aliphatic heterocycles. The van der Waals surface area contributed by atoms with E-state index in [9.17, 15) is 0 Å². The largest absolute Gasteiger partial charge is 0.495 e. The lowest BCUT2D eigenvalue weighted by molar-refractivity contribution is 0.415. The Morgan fingerprint density at radius 1 is 1.37 bits per heavy atom. The molecule has 98 valence electrons. The molecular weight excluding hydrogens is 282 g/mol. The van der Waals surface area contributed by atoms with Crippen LogP contribution in [0, 0.1) is 0 Å². The van der Waals surface area contributed by atoms with Crippen molar-refractivity contribution in [2.45, 2.75) is 0 Å². The fraction of sp³-hybridized carbons (Fsp3) is 0.0769. The summed E-state index contributed by atoms with van der Waals surface area (Å²) in [4.78, 5) is 4.53. The first-order chi connectivity index (χ1) is 9.10. The molecule has 0 fully saturated rings. The molecule has 2 aromatic rings. The SMILES string of the molecule is COc1cc(Nc2cc(C(N)=S)ccn2)ccc1Cl. The van der Waals surface area contributed by atoms with Crippen LogP contribution in [-0.4, -0.2) is 17.1 Å². The van der Waals surface area contributed by atoms with E-state index in [4.69, 9.17) is 34.3 Å². The zero-order chi connectivity index (χ0) is 13.8. The lowest BCUT2D eigenvalue weighted by Gasteiger charge is -2.09. The van der Waals surface area contributed by atoms with Crippen LogP contribution >= 0.6 is 23.8 Å². The van der Waals surface area contributed by atoms with Gasteiger partial charge >= 0.3 is 0 Å². The van der Waals surface area contributed by atoms with Gasteiger partial charge in [-0.25, -0.2) is 4.98 Å². The first-order valence-electron chi connectivity index (χ1n) is 5.46. The number of thiocarbonyl (C=S) groups is 1. The molecule has 6 heteroatoms. The quantitative estimate of drug-likeness (QED) is 0.848. The van der Waals surface area contributed by atoms with Gasteiger partial charge in [0.1, 0.15) is 16.6 Å². The van der Waals surface area contributed by atoms with E-state index in [1.54, 1.807) is 37.6 Å². The Labute approximate surface area is 121 Å². The predicted octanol–water partition coefficient (Wildman–Crippen LogP) is 3.12. The van der Waals surface area contributed by atoms with Crippen molar-refractivity contribution in [3.63, 3.8) is 0 Å². The van der Waals surface area contributed by atoms with Crippen molar-refractivity contribution in [2.75, 3.05) is 12.4 Å². The highest BCUT2D eigenvalue weighted by Crippen LogP contribution is 2.28. The van der Waals surface area contributed by atoms with Gasteiger partial charge in [0.05, 0.1) is 12.1 Å². The number of benzene rings is 1. The molecule has 0 atom stereocenters. The van der Waals surface area contributed by atoms with E-state index in [-0.39, 0.29) is 0 Å². The monoisotopic (exact) mass is 293 g/mol. The Hall–Kier alpha value is -1.85. The van der Waals surface area contributed by atoms with Gasteiger partial charge in [0.2, 0.25) is 0 Å². The van der Waals surface area contributed by atoms with Gasteiger partial charge in [-0.05, 0) is 24.3 Å². The summed E-state index contributed by atoms with van der Waals surface area (Å²) in [5.74, 6) is 1.24. The van der Waals surface area contributed by atoms with Crippen molar-refractivity contribution in [3.8, 4) is 5.75 Å². The van der Waals surface area contributed by atoms with E-state index < -0.39 is 0 Å². The van der Waals surface area contributed by atoms with E-state index >= 15 is 0 Å². The molecule has 0 radical (unpaired) electrons. The standard InChI is InChI=1S/C13H12ClN3OS/c1-18-11-7-9(2-3-10(11)14)17-12-6-8(13(15)19)4-5-16-12/h2-7H,1H3,(H2,15,19)(H,16,17). The molecule has 0 saturated heterocycles. The van der Waals surface area contributed by atoms with Crippen LogP contribution < -0.4 is 15.8 Å². The molecule has 0 amide bonds. The van der Waals surface area contributed by atoms with Crippen LogP contribution in [-0.2, 0) is 0 Å². The molecule has 19 heavy (non-hydrogen) atoms. The molecule has 2 rings (SSSR count). The summed E-state index contributed by atoms with van der Waals surface area (Å²) >= 11 is 10.9. The van der Waals surface area contributed by atoms with Gasteiger partial charge in [-0.1, -0.05) is 23.8 Å². The highest BCUT2D eigenvalue weighted by molar-refractivity contribution is 7.80. The fourth-order valence-electron chi connectivity index (χ4n) is 1.54. The van der Waals surface area contributed by atoms with E-state index in [0.717, 1.165) is 11.3 Å². The fourth-order valence-corrected chi connectivity index (χ4v) is 1.86. The van der Waals surface area contributed by atoms with E-state index in [1.807, 2.05) is 6.07 Å². The Morgan fingerprint density at radius 3 is 2.84 bits per heavy atom. The van der Waals surface area contributed by atoms with Gasteiger partial charge in [-0.2, -0.15) is 0 Å². The van der Waals surface area contributed by atoms with Gasteiger partial charge in [-0.15, -0.1) is 0 Å². The van der Waals surface area contributed by atoms with Crippen molar-refractivity contribution < 1.29 is 4.74 Å². The maximum atomic E-state index is 5.96. The molecule has 0 saturated carbocycles. The number of rotatable bonds is 4. The molecule has 0 bridgehead atoms. The number of hydrogen-bond acceptors (Lipinski definition) is 4. The minimum absolute atomic E-state index is 0.333. The van der Waals surface area contributed by atoms with Crippen molar-refractivity contribution in [1.82, 2.24) is 4.98 Å². The van der Waals surface area contributed by atoms with E-state index in [0.29, 0.717) is 21.6 Å². The number of nitrogens with zero attached hydrogens (tertiary/aromatic N) is 1. The van der Waals surface area contributed by atoms with E-state index in [1.165, 1.54) is 0 Å². The number of hydrogen-bond donors (Lipinski definition) is 2. The van der Waals surface area contributed by atoms with Crippen LogP contribution in [0.4, 0.5) is 11.5 Å². The maximum Gasteiger partial charge on any atom is 0.139 e. The van der Waals surface area contributed by atoms with Crippen LogP contribution in [0.25, 0.3) is 0 Å². The predicted molar refractivity (Wildman–Crippen MR) is 81.4 cm³/mol. The second-order valence-electron chi connectivity index (χ2n) is 3.77. The first kappa shape index (κ1) is 13.6. The van der Waals surface area contributed by atoms with Crippen molar-refractivity contribution in [1.29, 1.82) is 0 Å². The smallest absolute Gasteiger partial charge is 0.139 e. The molecule has 3 N–H and O–H groups in total. The second-order valence-corrected chi connectivity index (χ2v) is 4.62. The highest BCUT2D eigenvalue weighted by Gasteiger charge is 2.04. The average molecular weight is 294 g/mol. The number of nitrogens with two attached hydrogens (primary N) is 1. The third kappa shape index (κ3) is 3.33. The summed E-state index contributed by atoms with van der Waals surface area (Å²) in [6.07, 6.45) is 1.64. The molecule has 1 aromatic carbocycles. The summed E-state index contributed by atoms with van der Waals surface area (Å²) in [5, 5.41) is 3.69. The molecule has 4 nitrogen and oxygen atoms in total. The number of nitrogens with one attached hydrogen (secondary N) is 1. The number of halogens is 1. The van der Waals surface area contributed by atoms with Crippen LogP contribution in [0.3, 0.4) is 0 Å². The lowest BCUT2D eigenvalue weighted by Crippen LogP contribution is -2.09. The molecule has 0 unspecified atom stereocenters. The summed E-state index contributed by atoms with van der Waals surface area (Å²) in [6, 6.07) is 8.91.